The van der Waals surface area contributed by atoms with E-state index < -0.39 is 0 Å². The number of hydrogen-bond acceptors (Lipinski definition) is 6. The van der Waals surface area contributed by atoms with Gasteiger partial charge in [0, 0.05) is 50.1 Å². The van der Waals surface area contributed by atoms with Crippen LogP contribution in [0.5, 0.6) is 5.75 Å². The first-order valence-electron chi connectivity index (χ1n) is 11.3. The van der Waals surface area contributed by atoms with Crippen molar-refractivity contribution < 1.29 is 14.3 Å². The van der Waals surface area contributed by atoms with Crippen LogP contribution in [-0.4, -0.2) is 60.0 Å². The monoisotopic (exact) mass is 435 g/mol. The number of anilines is 1. The van der Waals surface area contributed by atoms with E-state index in [1.807, 2.05) is 35.0 Å². The molecule has 0 saturated carbocycles. The molecule has 2 fully saturated rings. The number of nitrogens with zero attached hydrogens (tertiary/aromatic N) is 4. The zero-order chi connectivity index (χ0) is 21.9. The number of ether oxygens (including phenoxy) is 2. The van der Waals surface area contributed by atoms with Crippen LogP contribution in [0.15, 0.2) is 42.7 Å². The summed E-state index contributed by atoms with van der Waals surface area (Å²) in [6, 6.07) is 9.96. The first-order chi connectivity index (χ1) is 15.7. The highest BCUT2D eigenvalue weighted by Gasteiger charge is 2.27. The van der Waals surface area contributed by atoms with Gasteiger partial charge in [0.05, 0.1) is 18.9 Å². The maximum atomic E-state index is 12.6. The van der Waals surface area contributed by atoms with Crippen LogP contribution in [0.1, 0.15) is 25.7 Å². The molecule has 1 aromatic carbocycles. The lowest BCUT2D eigenvalue weighted by molar-refractivity contribution is -0.126. The summed E-state index contributed by atoms with van der Waals surface area (Å²) in [5, 5.41) is 7.82. The first kappa shape index (κ1) is 20.8. The average molecular weight is 436 g/mol. The summed E-state index contributed by atoms with van der Waals surface area (Å²) >= 11 is 0. The van der Waals surface area contributed by atoms with Crippen LogP contribution in [0, 0.1) is 5.92 Å². The molecule has 32 heavy (non-hydrogen) atoms. The fraction of sp³-hybridized carbons (Fsp3) is 0.458. The first-order valence-corrected chi connectivity index (χ1v) is 11.3. The number of carbonyl (C=O) groups excluding carboxylic acids is 1. The van der Waals surface area contributed by atoms with Gasteiger partial charge in [-0.2, -0.15) is 5.10 Å². The zero-order valence-corrected chi connectivity index (χ0v) is 18.4. The Morgan fingerprint density at radius 3 is 2.91 bits per heavy atom. The number of piperidine rings is 1. The maximum absolute atomic E-state index is 12.6. The second-order valence-corrected chi connectivity index (χ2v) is 8.48. The lowest BCUT2D eigenvalue weighted by Gasteiger charge is -2.32. The third-order valence-corrected chi connectivity index (χ3v) is 6.43. The third kappa shape index (κ3) is 4.27. The van der Waals surface area contributed by atoms with Crippen LogP contribution in [0.25, 0.3) is 16.8 Å². The van der Waals surface area contributed by atoms with E-state index in [0.29, 0.717) is 6.54 Å². The zero-order valence-electron chi connectivity index (χ0n) is 18.4. The molecule has 1 amide bonds. The molecule has 8 nitrogen and oxygen atoms in total. The van der Waals surface area contributed by atoms with Gasteiger partial charge < -0.3 is 19.7 Å². The molecule has 4 heterocycles. The van der Waals surface area contributed by atoms with Crippen molar-refractivity contribution in [2.45, 2.75) is 31.8 Å². The number of rotatable bonds is 6. The molecule has 0 spiro atoms. The summed E-state index contributed by atoms with van der Waals surface area (Å²) in [6.07, 6.45) is 7.59. The summed E-state index contributed by atoms with van der Waals surface area (Å²) in [5.41, 5.74) is 2.84. The molecule has 0 radical (unpaired) electrons. The molecule has 2 aromatic heterocycles. The summed E-state index contributed by atoms with van der Waals surface area (Å²) in [7, 11) is 1.66. The second-order valence-electron chi connectivity index (χ2n) is 8.48. The smallest absolute Gasteiger partial charge is 0.223 e. The molecule has 0 aliphatic carbocycles. The summed E-state index contributed by atoms with van der Waals surface area (Å²) < 4.78 is 12.8. The van der Waals surface area contributed by atoms with Crippen molar-refractivity contribution in [3.05, 3.63) is 42.7 Å². The van der Waals surface area contributed by atoms with Crippen molar-refractivity contribution in [2.24, 2.45) is 5.92 Å². The van der Waals surface area contributed by atoms with E-state index in [0.717, 1.165) is 73.7 Å². The van der Waals surface area contributed by atoms with E-state index in [1.165, 1.54) is 0 Å². The number of methoxy groups -OCH3 is 1. The summed E-state index contributed by atoms with van der Waals surface area (Å²) in [6.45, 7) is 3.03. The molecule has 2 saturated heterocycles. The predicted molar refractivity (Wildman–Crippen MR) is 122 cm³/mol. The largest absolute Gasteiger partial charge is 0.497 e. The topological polar surface area (TPSA) is 81.0 Å². The number of carbonyl (C=O) groups is 1. The van der Waals surface area contributed by atoms with E-state index in [4.69, 9.17) is 14.6 Å². The van der Waals surface area contributed by atoms with Gasteiger partial charge in [-0.25, -0.2) is 9.50 Å². The maximum Gasteiger partial charge on any atom is 0.223 e. The Kier molecular flexibility index (Phi) is 5.94. The molecule has 3 aromatic rings. The van der Waals surface area contributed by atoms with Crippen LogP contribution in [-0.2, 0) is 9.53 Å². The van der Waals surface area contributed by atoms with Gasteiger partial charge in [0.2, 0.25) is 5.91 Å². The molecular formula is C24H29N5O3. The molecular weight excluding hydrogens is 406 g/mol. The van der Waals surface area contributed by atoms with E-state index in [-0.39, 0.29) is 17.9 Å². The molecule has 168 valence electrons. The minimum absolute atomic E-state index is 0.0460. The van der Waals surface area contributed by atoms with Gasteiger partial charge in [-0.3, -0.25) is 4.79 Å². The highest BCUT2D eigenvalue weighted by molar-refractivity contribution is 5.79. The number of fused-ring (bicyclic) bond motifs is 1. The van der Waals surface area contributed by atoms with Crippen LogP contribution >= 0.6 is 0 Å². The molecule has 0 unspecified atom stereocenters. The van der Waals surface area contributed by atoms with E-state index >= 15 is 0 Å². The minimum atomic E-state index is 0.0460. The van der Waals surface area contributed by atoms with Gasteiger partial charge in [-0.15, -0.1) is 0 Å². The Morgan fingerprint density at radius 2 is 2.12 bits per heavy atom. The van der Waals surface area contributed by atoms with Gasteiger partial charge in [-0.1, -0.05) is 12.1 Å². The number of nitrogens with one attached hydrogen (secondary N) is 1. The molecule has 1 N–H and O–H groups in total. The number of hydrogen-bond donors (Lipinski definition) is 1. The minimum Gasteiger partial charge on any atom is -0.497 e. The van der Waals surface area contributed by atoms with Crippen molar-refractivity contribution >= 4 is 17.2 Å². The third-order valence-electron chi connectivity index (χ3n) is 6.43. The summed E-state index contributed by atoms with van der Waals surface area (Å²) in [4.78, 5) is 19.5. The van der Waals surface area contributed by atoms with E-state index in [2.05, 4.69) is 21.3 Å². The Morgan fingerprint density at radius 1 is 1.25 bits per heavy atom. The normalized spacial score (nSPS) is 19.4. The highest BCUT2D eigenvalue weighted by atomic mass is 16.5. The Bertz CT molecular complexity index is 1080. The molecule has 1 atom stereocenters. The fourth-order valence-corrected chi connectivity index (χ4v) is 4.59. The lowest BCUT2D eigenvalue weighted by atomic mass is 9.95. The van der Waals surface area contributed by atoms with Gasteiger partial charge >= 0.3 is 0 Å². The Balaban J connectivity index is 1.27. The predicted octanol–water partition coefficient (Wildman–Crippen LogP) is 2.92. The SMILES string of the molecule is COc1cccc(-c2cc3c(N4CCC(C(=O)NC[C@@H]5CCCO5)CC4)nccn3n2)c1. The van der Waals surface area contributed by atoms with Crippen molar-refractivity contribution in [2.75, 3.05) is 38.3 Å². The second kappa shape index (κ2) is 9.16. The van der Waals surface area contributed by atoms with E-state index in [9.17, 15) is 4.79 Å². The van der Waals surface area contributed by atoms with Gasteiger partial charge in [0.1, 0.15) is 11.3 Å². The molecule has 8 heteroatoms. The summed E-state index contributed by atoms with van der Waals surface area (Å²) in [5.74, 6) is 1.91. The number of benzene rings is 1. The van der Waals surface area contributed by atoms with Crippen molar-refractivity contribution in [1.29, 1.82) is 0 Å². The van der Waals surface area contributed by atoms with Crippen LogP contribution < -0.4 is 15.0 Å². The quantitative estimate of drug-likeness (QED) is 0.641. The average Bonchev–Trinajstić information content (AvgIpc) is 3.52. The Labute approximate surface area is 187 Å². The van der Waals surface area contributed by atoms with Crippen molar-refractivity contribution in [3.63, 3.8) is 0 Å². The van der Waals surface area contributed by atoms with Crippen molar-refractivity contribution in [3.8, 4) is 17.0 Å². The molecule has 5 rings (SSSR count). The van der Waals surface area contributed by atoms with Gasteiger partial charge in [-0.05, 0) is 43.9 Å². The molecule has 2 aliphatic heterocycles. The number of aromatic nitrogens is 3. The fourth-order valence-electron chi connectivity index (χ4n) is 4.59. The highest BCUT2D eigenvalue weighted by Crippen LogP contribution is 2.29. The van der Waals surface area contributed by atoms with Gasteiger partial charge in [0.15, 0.2) is 5.82 Å². The standard InChI is InChI=1S/C24H29N5O3/c1-31-19-5-2-4-18(14-19)21-15-22-23(25-9-12-29(22)27-21)28-10-7-17(8-11-28)24(30)26-16-20-6-3-13-32-20/h2,4-5,9,12,14-15,17,20H,3,6-8,10-11,13,16H2,1H3,(H,26,30)/t20-/m0/s1. The molecule has 2 aliphatic rings. The van der Waals surface area contributed by atoms with Gasteiger partial charge in [0.25, 0.3) is 0 Å². The lowest BCUT2D eigenvalue weighted by Crippen LogP contribution is -2.42. The Hall–Kier alpha value is -3.13. The molecule has 0 bridgehead atoms. The van der Waals surface area contributed by atoms with Crippen LogP contribution in [0.3, 0.4) is 0 Å². The van der Waals surface area contributed by atoms with E-state index in [1.54, 1.807) is 13.3 Å². The van der Waals surface area contributed by atoms with Crippen LogP contribution in [0.4, 0.5) is 5.82 Å². The van der Waals surface area contributed by atoms with Crippen LogP contribution in [0.2, 0.25) is 0 Å². The number of amides is 1. The van der Waals surface area contributed by atoms with Crippen molar-refractivity contribution in [1.82, 2.24) is 19.9 Å².